The van der Waals surface area contributed by atoms with E-state index >= 15 is 0 Å². The van der Waals surface area contributed by atoms with E-state index in [1.54, 1.807) is 0 Å². The summed E-state index contributed by atoms with van der Waals surface area (Å²) in [6.45, 7) is 8.82. The zero-order valence-corrected chi connectivity index (χ0v) is 8.62. The summed E-state index contributed by atoms with van der Waals surface area (Å²) < 4.78 is 0. The van der Waals surface area contributed by atoms with E-state index in [0.717, 1.165) is 31.6 Å². The van der Waals surface area contributed by atoms with Crippen LogP contribution in [0, 0.1) is 0 Å². The van der Waals surface area contributed by atoms with Crippen molar-refractivity contribution in [2.24, 2.45) is 0 Å². The minimum atomic E-state index is -0.737. The number of nitrogens with one attached hydrogen (secondary N) is 1. The van der Waals surface area contributed by atoms with Crippen molar-refractivity contribution in [3.8, 4) is 0 Å². The molecule has 1 unspecified atom stereocenters. The summed E-state index contributed by atoms with van der Waals surface area (Å²) in [6, 6.07) is -0.372. The Morgan fingerprint density at radius 2 is 2.43 bits per heavy atom. The minimum absolute atomic E-state index is 0.372. The molecule has 0 aliphatic carbocycles. The van der Waals surface area contributed by atoms with Crippen LogP contribution in [0.2, 0.25) is 0 Å². The normalized spacial score (nSPS) is 23.4. The maximum absolute atomic E-state index is 10.9. The molecule has 1 fully saturated rings. The molecule has 0 aromatic carbocycles. The number of hydrogen-bond acceptors (Lipinski definition) is 3. The predicted molar refractivity (Wildman–Crippen MR) is 55.3 cm³/mol. The van der Waals surface area contributed by atoms with Crippen LogP contribution in [0.25, 0.3) is 0 Å². The molecule has 1 aliphatic rings. The van der Waals surface area contributed by atoms with E-state index in [2.05, 4.69) is 11.9 Å². The fraction of sp³-hybridized carbons (Fsp3) is 0.700. The fourth-order valence-corrected chi connectivity index (χ4v) is 1.59. The summed E-state index contributed by atoms with van der Waals surface area (Å²) in [5.74, 6) is -0.737. The van der Waals surface area contributed by atoms with Crippen LogP contribution in [0.15, 0.2) is 12.2 Å². The minimum Gasteiger partial charge on any atom is -0.480 e. The maximum Gasteiger partial charge on any atom is 0.322 e. The average molecular weight is 198 g/mol. The van der Waals surface area contributed by atoms with Crippen molar-refractivity contribution in [2.45, 2.75) is 19.4 Å². The number of aliphatic carboxylic acids is 1. The highest BCUT2D eigenvalue weighted by atomic mass is 16.4. The summed E-state index contributed by atoms with van der Waals surface area (Å²) in [7, 11) is 0. The lowest BCUT2D eigenvalue weighted by atomic mass is 10.1. The number of carboxylic acid groups (broad SMARTS) is 1. The quantitative estimate of drug-likeness (QED) is 0.638. The lowest BCUT2D eigenvalue weighted by molar-refractivity contribution is -0.143. The largest absolute Gasteiger partial charge is 0.480 e. The van der Waals surface area contributed by atoms with E-state index in [9.17, 15) is 4.79 Å². The Labute approximate surface area is 84.6 Å². The zero-order valence-electron chi connectivity index (χ0n) is 8.62. The Balaban J connectivity index is 2.45. The third-order valence-corrected chi connectivity index (χ3v) is 2.47. The van der Waals surface area contributed by atoms with Crippen molar-refractivity contribution in [1.29, 1.82) is 0 Å². The van der Waals surface area contributed by atoms with Crippen molar-refractivity contribution < 1.29 is 9.90 Å². The van der Waals surface area contributed by atoms with Gasteiger partial charge in [-0.1, -0.05) is 5.57 Å². The van der Waals surface area contributed by atoms with Crippen LogP contribution in [0.4, 0.5) is 0 Å². The second-order valence-corrected chi connectivity index (χ2v) is 3.80. The molecule has 0 spiro atoms. The summed E-state index contributed by atoms with van der Waals surface area (Å²) in [6.07, 6.45) is 0.879. The van der Waals surface area contributed by atoms with Crippen molar-refractivity contribution >= 4 is 5.97 Å². The van der Waals surface area contributed by atoms with Gasteiger partial charge in [0.15, 0.2) is 0 Å². The Bertz CT molecular complexity index is 228. The van der Waals surface area contributed by atoms with Crippen LogP contribution in [0.1, 0.15) is 13.3 Å². The first kappa shape index (κ1) is 11.2. The van der Waals surface area contributed by atoms with E-state index < -0.39 is 5.97 Å². The molecular formula is C10H18N2O2. The predicted octanol–water partition coefficient (Wildman–Crippen LogP) is 0.311. The van der Waals surface area contributed by atoms with Gasteiger partial charge in [0.1, 0.15) is 6.04 Å². The first-order valence-electron chi connectivity index (χ1n) is 4.93. The summed E-state index contributed by atoms with van der Waals surface area (Å²) >= 11 is 0. The highest BCUT2D eigenvalue weighted by molar-refractivity contribution is 5.73. The van der Waals surface area contributed by atoms with Gasteiger partial charge >= 0.3 is 5.97 Å². The van der Waals surface area contributed by atoms with E-state index in [0.29, 0.717) is 6.54 Å². The smallest absolute Gasteiger partial charge is 0.322 e. The van der Waals surface area contributed by atoms with E-state index in [4.69, 9.17) is 5.11 Å². The Kier molecular flexibility index (Phi) is 4.10. The molecular weight excluding hydrogens is 180 g/mol. The second-order valence-electron chi connectivity index (χ2n) is 3.80. The van der Waals surface area contributed by atoms with Crippen molar-refractivity contribution in [3.63, 3.8) is 0 Å². The van der Waals surface area contributed by atoms with Gasteiger partial charge < -0.3 is 10.4 Å². The molecule has 1 rings (SSSR count). The molecule has 0 radical (unpaired) electrons. The van der Waals surface area contributed by atoms with Crippen LogP contribution in [0.3, 0.4) is 0 Å². The van der Waals surface area contributed by atoms with Gasteiger partial charge in [-0.15, -0.1) is 6.58 Å². The molecule has 0 aromatic heterocycles. The molecule has 1 atom stereocenters. The molecule has 0 saturated carbocycles. The number of nitrogens with zero attached hydrogens (tertiary/aromatic N) is 1. The van der Waals surface area contributed by atoms with Gasteiger partial charge in [0.25, 0.3) is 0 Å². The van der Waals surface area contributed by atoms with Crippen LogP contribution < -0.4 is 5.32 Å². The monoisotopic (exact) mass is 198 g/mol. The Hall–Kier alpha value is -0.870. The molecule has 0 amide bonds. The summed E-state index contributed by atoms with van der Waals surface area (Å²) in [4.78, 5) is 12.9. The Morgan fingerprint density at radius 3 is 3.00 bits per heavy atom. The average Bonchev–Trinajstić information content (AvgIpc) is 2.15. The molecule has 0 aromatic rings. The van der Waals surface area contributed by atoms with Gasteiger partial charge in [-0.2, -0.15) is 0 Å². The SMILES string of the molecule is C=C(C)CCN1CCNCC1C(=O)O. The third-order valence-electron chi connectivity index (χ3n) is 2.47. The number of rotatable bonds is 4. The molecule has 1 aliphatic heterocycles. The lowest BCUT2D eigenvalue weighted by Crippen LogP contribution is -2.55. The van der Waals surface area contributed by atoms with E-state index in [-0.39, 0.29) is 6.04 Å². The molecule has 4 nitrogen and oxygen atoms in total. The van der Waals surface area contributed by atoms with Gasteiger partial charge in [-0.3, -0.25) is 9.69 Å². The summed E-state index contributed by atoms with van der Waals surface area (Å²) in [5, 5.41) is 12.1. The first-order valence-corrected chi connectivity index (χ1v) is 4.93. The molecule has 0 bridgehead atoms. The fourth-order valence-electron chi connectivity index (χ4n) is 1.59. The van der Waals surface area contributed by atoms with Gasteiger partial charge in [0.2, 0.25) is 0 Å². The molecule has 2 N–H and O–H groups in total. The zero-order chi connectivity index (χ0) is 10.6. The molecule has 14 heavy (non-hydrogen) atoms. The van der Waals surface area contributed by atoms with Crippen LogP contribution in [-0.4, -0.2) is 48.2 Å². The number of piperazine rings is 1. The van der Waals surface area contributed by atoms with Gasteiger partial charge in [-0.05, 0) is 13.3 Å². The number of carboxylic acids is 1. The molecule has 1 saturated heterocycles. The number of carbonyl (C=O) groups is 1. The van der Waals surface area contributed by atoms with Crippen LogP contribution in [0.5, 0.6) is 0 Å². The topological polar surface area (TPSA) is 52.6 Å². The summed E-state index contributed by atoms with van der Waals surface area (Å²) in [5.41, 5.74) is 1.10. The molecule has 4 heteroatoms. The first-order chi connectivity index (χ1) is 6.61. The van der Waals surface area contributed by atoms with Crippen molar-refractivity contribution in [2.75, 3.05) is 26.2 Å². The van der Waals surface area contributed by atoms with E-state index in [1.807, 2.05) is 11.8 Å². The van der Waals surface area contributed by atoms with Gasteiger partial charge in [-0.25, -0.2) is 0 Å². The second kappa shape index (κ2) is 5.12. The van der Waals surface area contributed by atoms with E-state index in [1.165, 1.54) is 0 Å². The molecule has 1 heterocycles. The standard InChI is InChI=1S/C10H18N2O2/c1-8(2)3-5-12-6-4-11-7-9(12)10(13)14/h9,11H,1,3-7H2,2H3,(H,13,14). The third kappa shape index (κ3) is 3.12. The van der Waals surface area contributed by atoms with Crippen molar-refractivity contribution in [3.05, 3.63) is 12.2 Å². The number of hydrogen-bond donors (Lipinski definition) is 2. The van der Waals surface area contributed by atoms with Crippen LogP contribution in [-0.2, 0) is 4.79 Å². The van der Waals surface area contributed by atoms with Gasteiger partial charge in [0, 0.05) is 26.2 Å². The maximum atomic E-state index is 10.9. The van der Waals surface area contributed by atoms with Crippen molar-refractivity contribution in [1.82, 2.24) is 10.2 Å². The highest BCUT2D eigenvalue weighted by Crippen LogP contribution is 2.07. The van der Waals surface area contributed by atoms with Gasteiger partial charge in [0.05, 0.1) is 0 Å². The molecule has 80 valence electrons. The van der Waals surface area contributed by atoms with Crippen LogP contribution >= 0.6 is 0 Å². The Morgan fingerprint density at radius 1 is 1.71 bits per heavy atom. The highest BCUT2D eigenvalue weighted by Gasteiger charge is 2.27. The lowest BCUT2D eigenvalue weighted by Gasteiger charge is -2.33.